The molecule has 0 N–H and O–H groups in total. The number of nitrogens with zero attached hydrogens (tertiary/aromatic N) is 3. The van der Waals surface area contributed by atoms with Crippen LogP contribution in [-0.4, -0.2) is 4.57 Å². The highest BCUT2D eigenvalue weighted by Crippen LogP contribution is 2.48. The molecule has 6 heteroatoms. The summed E-state index contributed by atoms with van der Waals surface area (Å²) in [5.74, 6) is 0. The second kappa shape index (κ2) is 17.0. The van der Waals surface area contributed by atoms with Crippen molar-refractivity contribution in [3.8, 4) is 16.8 Å². The molecule has 356 valence electrons. The molecule has 0 amide bonds. The van der Waals surface area contributed by atoms with Gasteiger partial charge in [-0.25, -0.2) is 0 Å². The Morgan fingerprint density at radius 3 is 1.61 bits per heavy atom. The fourth-order valence-corrected chi connectivity index (χ4v) is 14.1. The molecule has 12 aromatic carbocycles. The number of furan rings is 1. The molecule has 0 saturated heterocycles. The molecule has 0 spiro atoms. The zero-order valence-electron chi connectivity index (χ0n) is 40.9. The number of hydrogen-bond acceptors (Lipinski definition) is 5. The van der Waals surface area contributed by atoms with Crippen molar-refractivity contribution in [2.24, 2.45) is 0 Å². The summed E-state index contributed by atoms with van der Waals surface area (Å²) in [6.45, 7) is 0. The van der Waals surface area contributed by atoms with E-state index < -0.39 is 0 Å². The van der Waals surface area contributed by atoms with Crippen molar-refractivity contribution in [2.75, 3.05) is 9.80 Å². The summed E-state index contributed by atoms with van der Waals surface area (Å²) in [6.07, 6.45) is 0. The smallest absolute Gasteiger partial charge is 0.136 e. The van der Waals surface area contributed by atoms with Crippen molar-refractivity contribution >= 4 is 152 Å². The van der Waals surface area contributed by atoms with Crippen LogP contribution in [0.3, 0.4) is 0 Å². The standard InChI is InChI=1S/C70H43N3OS2/c1-4-16-47(17-5-1)71(50-31-35-68-61(41-50)55-23-12-15-27-67(55)75-68)52-36-46(37-53(40-52)72(48-18-6-2-7-19-48)51-30-32-56-54-22-11-14-26-66(54)76-69(56)42-51)44-28-33-62-59(38-44)60-39-45-29-34-65-70(57-24-10-13-25-64(57)74-65)58(45)43-63(60)73(62)49-20-8-3-9-21-49/h1-43H. The van der Waals surface area contributed by atoms with E-state index in [1.807, 2.05) is 28.7 Å². The lowest BCUT2D eigenvalue weighted by atomic mass is 9.98. The second-order valence-corrected chi connectivity index (χ2v) is 21.8. The van der Waals surface area contributed by atoms with Crippen molar-refractivity contribution < 1.29 is 4.42 Å². The Labute approximate surface area is 445 Å². The SMILES string of the molecule is c1ccc(N(c2cc(-c3ccc4c(c3)c3cc5ccc6oc7ccccc7c6c5cc3n4-c3ccccc3)cc(N(c3ccccc3)c3ccc4sc5ccccc5c4c3)c2)c2ccc3c(c2)sc2ccccc23)cc1. The van der Waals surface area contributed by atoms with E-state index in [1.54, 1.807) is 0 Å². The number of anilines is 6. The van der Waals surface area contributed by atoms with Gasteiger partial charge in [0, 0.05) is 102 Å². The third-order valence-corrected chi connectivity index (χ3v) is 17.6. The summed E-state index contributed by atoms with van der Waals surface area (Å²) < 4.78 is 14.0. The number of fused-ring (bicyclic) bond motifs is 14. The maximum atomic E-state index is 6.43. The molecule has 76 heavy (non-hydrogen) atoms. The van der Waals surface area contributed by atoms with Crippen LogP contribution in [0.4, 0.5) is 34.1 Å². The van der Waals surface area contributed by atoms with Gasteiger partial charge < -0.3 is 18.8 Å². The van der Waals surface area contributed by atoms with Gasteiger partial charge in [-0.05, 0) is 155 Å². The van der Waals surface area contributed by atoms with Crippen molar-refractivity contribution in [3.63, 3.8) is 0 Å². The fourth-order valence-electron chi connectivity index (χ4n) is 11.9. The number of para-hydroxylation sites is 4. The Hall–Kier alpha value is -9.46. The molecular weight excluding hydrogens is 963 g/mol. The Bertz CT molecular complexity index is 4950. The van der Waals surface area contributed by atoms with Crippen LogP contribution < -0.4 is 9.80 Å². The summed E-state index contributed by atoms with van der Waals surface area (Å²) in [5.41, 5.74) is 13.9. The van der Waals surface area contributed by atoms with Crippen molar-refractivity contribution in [1.29, 1.82) is 0 Å². The van der Waals surface area contributed by atoms with Gasteiger partial charge in [0.2, 0.25) is 0 Å². The molecule has 0 radical (unpaired) electrons. The molecule has 0 fully saturated rings. The summed E-state index contributed by atoms with van der Waals surface area (Å²) in [4.78, 5) is 4.87. The van der Waals surface area contributed by atoms with Gasteiger partial charge in [0.25, 0.3) is 0 Å². The molecule has 4 heterocycles. The minimum Gasteiger partial charge on any atom is -0.456 e. The first-order valence-corrected chi connectivity index (χ1v) is 27.3. The molecule has 0 aliphatic rings. The summed E-state index contributed by atoms with van der Waals surface area (Å²) in [5, 5.41) is 12.1. The third-order valence-electron chi connectivity index (χ3n) is 15.3. The molecule has 0 bridgehead atoms. The average molecular weight is 1010 g/mol. The van der Waals surface area contributed by atoms with Crippen LogP contribution >= 0.6 is 22.7 Å². The topological polar surface area (TPSA) is 24.6 Å². The van der Waals surface area contributed by atoms with Gasteiger partial charge in [0.15, 0.2) is 0 Å². The van der Waals surface area contributed by atoms with E-state index in [0.717, 1.165) is 83.9 Å². The molecule has 0 saturated carbocycles. The maximum absolute atomic E-state index is 6.43. The van der Waals surface area contributed by atoms with Crippen molar-refractivity contribution in [3.05, 3.63) is 261 Å². The highest BCUT2D eigenvalue weighted by Gasteiger charge is 2.23. The molecule has 0 atom stereocenters. The van der Waals surface area contributed by atoms with Crippen LogP contribution in [0.5, 0.6) is 0 Å². The van der Waals surface area contributed by atoms with Crippen molar-refractivity contribution in [1.82, 2.24) is 4.57 Å². The normalized spacial score (nSPS) is 11.9. The largest absolute Gasteiger partial charge is 0.456 e. The summed E-state index contributed by atoms with van der Waals surface area (Å²) in [6, 6.07) is 95.6. The predicted molar refractivity (Wildman–Crippen MR) is 326 cm³/mol. The highest BCUT2D eigenvalue weighted by molar-refractivity contribution is 7.26. The number of benzene rings is 12. The first kappa shape index (κ1) is 43.0. The van der Waals surface area contributed by atoms with E-state index in [0.29, 0.717) is 0 Å². The van der Waals surface area contributed by atoms with Crippen LogP contribution in [0.25, 0.3) is 112 Å². The zero-order valence-corrected chi connectivity index (χ0v) is 42.5. The first-order chi connectivity index (χ1) is 37.6. The van der Waals surface area contributed by atoms with Crippen LogP contribution in [0, 0.1) is 0 Å². The van der Waals surface area contributed by atoms with Gasteiger partial charge in [0.1, 0.15) is 11.2 Å². The van der Waals surface area contributed by atoms with Gasteiger partial charge >= 0.3 is 0 Å². The zero-order chi connectivity index (χ0) is 49.8. The third kappa shape index (κ3) is 6.81. The molecule has 0 aliphatic carbocycles. The van der Waals surface area contributed by atoms with Crippen LogP contribution in [0.15, 0.2) is 265 Å². The van der Waals surface area contributed by atoms with Crippen LogP contribution in [0.2, 0.25) is 0 Å². The van der Waals surface area contributed by atoms with E-state index >= 15 is 0 Å². The van der Waals surface area contributed by atoms with Gasteiger partial charge in [-0.15, -0.1) is 22.7 Å². The second-order valence-electron chi connectivity index (χ2n) is 19.7. The van der Waals surface area contributed by atoms with Crippen molar-refractivity contribution in [2.45, 2.75) is 0 Å². The first-order valence-electron chi connectivity index (χ1n) is 25.7. The molecule has 16 aromatic rings. The van der Waals surface area contributed by atoms with Crippen LogP contribution in [-0.2, 0) is 0 Å². The number of rotatable bonds is 8. The quantitative estimate of drug-likeness (QED) is 0.152. The van der Waals surface area contributed by atoms with E-state index in [2.05, 4.69) is 269 Å². The Balaban J connectivity index is 0.963. The Morgan fingerprint density at radius 2 is 0.868 bits per heavy atom. The molecule has 16 rings (SSSR count). The Morgan fingerprint density at radius 1 is 0.289 bits per heavy atom. The maximum Gasteiger partial charge on any atom is 0.136 e. The lowest BCUT2D eigenvalue weighted by Gasteiger charge is -2.30. The minimum absolute atomic E-state index is 0.898. The minimum atomic E-state index is 0.898. The highest BCUT2D eigenvalue weighted by atomic mass is 32.1. The number of aromatic nitrogens is 1. The van der Waals surface area contributed by atoms with E-state index in [1.165, 1.54) is 61.9 Å². The van der Waals surface area contributed by atoms with Gasteiger partial charge in [-0.2, -0.15) is 0 Å². The van der Waals surface area contributed by atoms with Gasteiger partial charge in [-0.3, -0.25) is 0 Å². The number of hydrogen-bond donors (Lipinski definition) is 0. The Kier molecular flexibility index (Phi) is 9.64. The van der Waals surface area contributed by atoms with E-state index in [-0.39, 0.29) is 0 Å². The van der Waals surface area contributed by atoms with Gasteiger partial charge in [0.05, 0.1) is 11.0 Å². The lowest BCUT2D eigenvalue weighted by molar-refractivity contribution is 0.669. The average Bonchev–Trinajstić information content (AvgIpc) is 4.32. The molecular formula is C70H43N3OS2. The molecule has 4 aromatic heterocycles. The van der Waals surface area contributed by atoms with E-state index in [9.17, 15) is 0 Å². The number of thiophene rings is 2. The fraction of sp³-hybridized carbons (Fsp3) is 0. The van der Waals surface area contributed by atoms with Gasteiger partial charge in [-0.1, -0.05) is 127 Å². The monoisotopic (exact) mass is 1010 g/mol. The summed E-state index contributed by atoms with van der Waals surface area (Å²) >= 11 is 3.70. The molecule has 0 unspecified atom stereocenters. The predicted octanol–water partition coefficient (Wildman–Crippen LogP) is 21.2. The summed E-state index contributed by atoms with van der Waals surface area (Å²) in [7, 11) is 0. The lowest BCUT2D eigenvalue weighted by Crippen LogP contribution is -2.13. The molecule has 4 nitrogen and oxygen atoms in total. The van der Waals surface area contributed by atoms with Crippen LogP contribution in [0.1, 0.15) is 0 Å². The molecule has 0 aliphatic heterocycles. The van der Waals surface area contributed by atoms with E-state index in [4.69, 9.17) is 4.42 Å².